The number of hydrogen-bond donors (Lipinski definition) is 3. The first kappa shape index (κ1) is 13.5. The van der Waals surface area contributed by atoms with Crippen LogP contribution in [0.15, 0.2) is 30.3 Å². The molecule has 2 rings (SSSR count). The van der Waals surface area contributed by atoms with E-state index in [0.29, 0.717) is 6.61 Å². The van der Waals surface area contributed by atoms with Gasteiger partial charge in [-0.05, 0) is 5.56 Å². The number of benzene rings is 1. The third kappa shape index (κ3) is 3.28. The topological polar surface area (TPSA) is 79.2 Å². The molecule has 0 saturated carbocycles. The van der Waals surface area contributed by atoms with E-state index in [1.54, 1.807) is 0 Å². The summed E-state index contributed by atoms with van der Waals surface area (Å²) >= 11 is 0. The minimum atomic E-state index is -1.05. The minimum Gasteiger partial charge on any atom is -0.394 e. The lowest BCUT2D eigenvalue weighted by atomic mass is 10.0. The number of aliphatic hydroxyl groups excluding tert-OH is 3. The lowest BCUT2D eigenvalue weighted by Gasteiger charge is -2.36. The molecular formula is C13H18O5. The molecule has 1 heterocycles. The van der Waals surface area contributed by atoms with Gasteiger partial charge in [0, 0.05) is 6.42 Å². The van der Waals surface area contributed by atoms with Crippen molar-refractivity contribution in [3.05, 3.63) is 35.9 Å². The number of ether oxygens (including phenoxy) is 2. The predicted octanol–water partition coefficient (Wildman–Crippen LogP) is 0.0323. The fraction of sp³-hybridized carbons (Fsp3) is 0.538. The van der Waals surface area contributed by atoms with Crippen LogP contribution in [0.4, 0.5) is 0 Å². The van der Waals surface area contributed by atoms with Gasteiger partial charge in [0.2, 0.25) is 0 Å². The second-order valence-corrected chi connectivity index (χ2v) is 4.38. The number of aliphatic hydroxyl groups is 3. The van der Waals surface area contributed by atoms with Gasteiger partial charge in [0.25, 0.3) is 0 Å². The van der Waals surface area contributed by atoms with Crippen LogP contribution >= 0.6 is 0 Å². The zero-order valence-electron chi connectivity index (χ0n) is 9.98. The van der Waals surface area contributed by atoms with Crippen LogP contribution in [0, 0.1) is 0 Å². The van der Waals surface area contributed by atoms with Crippen LogP contribution in [0.25, 0.3) is 0 Å². The summed E-state index contributed by atoms with van der Waals surface area (Å²) < 4.78 is 10.7. The summed E-state index contributed by atoms with van der Waals surface area (Å²) in [5.74, 6) is 0. The first-order valence-electron chi connectivity index (χ1n) is 5.98. The van der Waals surface area contributed by atoms with Crippen molar-refractivity contribution in [2.75, 3.05) is 6.61 Å². The van der Waals surface area contributed by atoms with Gasteiger partial charge in [0.15, 0.2) is 6.29 Å². The Kier molecular flexibility index (Phi) is 4.68. The van der Waals surface area contributed by atoms with Crippen LogP contribution in [0.5, 0.6) is 0 Å². The van der Waals surface area contributed by atoms with E-state index in [1.807, 2.05) is 30.3 Å². The van der Waals surface area contributed by atoms with Crippen molar-refractivity contribution in [2.24, 2.45) is 0 Å². The first-order chi connectivity index (χ1) is 8.70. The maximum atomic E-state index is 9.84. The third-order valence-electron chi connectivity index (χ3n) is 2.99. The molecule has 4 atom stereocenters. The monoisotopic (exact) mass is 254 g/mol. The van der Waals surface area contributed by atoms with Crippen molar-refractivity contribution in [2.45, 2.75) is 37.6 Å². The van der Waals surface area contributed by atoms with Crippen LogP contribution in [-0.4, -0.2) is 46.5 Å². The Labute approximate surface area is 106 Å². The van der Waals surface area contributed by atoms with E-state index in [0.717, 1.165) is 5.56 Å². The standard InChI is InChI=1S/C13H18O5/c14-7-11-13(10(15)6-12(16)18-11)17-8-9-4-2-1-3-5-9/h1-5,10-16H,6-8H2/t10-,11+,12?,13+/m0/s1. The van der Waals surface area contributed by atoms with Crippen molar-refractivity contribution in [1.29, 1.82) is 0 Å². The lowest BCUT2D eigenvalue weighted by molar-refractivity contribution is -0.252. The van der Waals surface area contributed by atoms with Crippen LogP contribution in [0.2, 0.25) is 0 Å². The molecule has 5 heteroatoms. The Morgan fingerprint density at radius 3 is 2.61 bits per heavy atom. The normalized spacial score (nSPS) is 32.4. The second kappa shape index (κ2) is 6.26. The lowest BCUT2D eigenvalue weighted by Crippen LogP contribution is -2.51. The van der Waals surface area contributed by atoms with Gasteiger partial charge < -0.3 is 24.8 Å². The van der Waals surface area contributed by atoms with Gasteiger partial charge in [0.1, 0.15) is 12.2 Å². The summed E-state index contributed by atoms with van der Waals surface area (Å²) in [4.78, 5) is 0. The zero-order chi connectivity index (χ0) is 13.0. The van der Waals surface area contributed by atoms with Gasteiger partial charge in [-0.15, -0.1) is 0 Å². The maximum absolute atomic E-state index is 9.84. The van der Waals surface area contributed by atoms with E-state index in [-0.39, 0.29) is 13.0 Å². The van der Waals surface area contributed by atoms with Gasteiger partial charge in [-0.1, -0.05) is 30.3 Å². The molecule has 0 spiro atoms. The van der Waals surface area contributed by atoms with Crippen molar-refractivity contribution >= 4 is 0 Å². The van der Waals surface area contributed by atoms with Gasteiger partial charge in [-0.25, -0.2) is 0 Å². The van der Waals surface area contributed by atoms with E-state index in [2.05, 4.69) is 0 Å². The molecule has 0 amide bonds. The van der Waals surface area contributed by atoms with E-state index in [4.69, 9.17) is 14.6 Å². The molecule has 1 aliphatic rings. The Morgan fingerprint density at radius 2 is 1.94 bits per heavy atom. The van der Waals surface area contributed by atoms with Gasteiger partial charge in [-0.3, -0.25) is 0 Å². The molecular weight excluding hydrogens is 236 g/mol. The smallest absolute Gasteiger partial charge is 0.157 e. The van der Waals surface area contributed by atoms with E-state index in [1.165, 1.54) is 0 Å². The minimum absolute atomic E-state index is 0.0932. The van der Waals surface area contributed by atoms with Gasteiger partial charge in [0.05, 0.1) is 19.3 Å². The summed E-state index contributed by atoms with van der Waals surface area (Å²) in [6, 6.07) is 9.55. The van der Waals surface area contributed by atoms with Crippen LogP contribution in [-0.2, 0) is 16.1 Å². The Bertz CT molecular complexity index is 356. The molecule has 0 bridgehead atoms. The Balaban J connectivity index is 1.94. The fourth-order valence-corrected chi connectivity index (χ4v) is 2.06. The summed E-state index contributed by atoms with van der Waals surface area (Å²) in [7, 11) is 0. The van der Waals surface area contributed by atoms with E-state index in [9.17, 15) is 10.2 Å². The molecule has 1 unspecified atom stereocenters. The summed E-state index contributed by atoms with van der Waals surface area (Å²) in [6.45, 7) is 0.0338. The van der Waals surface area contributed by atoms with Crippen molar-refractivity contribution in [1.82, 2.24) is 0 Å². The summed E-state index contributed by atoms with van der Waals surface area (Å²) in [5, 5.41) is 28.3. The largest absolute Gasteiger partial charge is 0.394 e. The molecule has 18 heavy (non-hydrogen) atoms. The molecule has 100 valence electrons. The predicted molar refractivity (Wildman–Crippen MR) is 63.6 cm³/mol. The van der Waals surface area contributed by atoms with Crippen molar-refractivity contribution in [3.63, 3.8) is 0 Å². The number of hydrogen-bond acceptors (Lipinski definition) is 5. The summed E-state index contributed by atoms with van der Waals surface area (Å²) in [5.41, 5.74) is 0.979. The molecule has 1 fully saturated rings. The third-order valence-corrected chi connectivity index (χ3v) is 2.99. The molecule has 1 aromatic rings. The van der Waals surface area contributed by atoms with E-state index < -0.39 is 24.6 Å². The van der Waals surface area contributed by atoms with Crippen LogP contribution in [0.1, 0.15) is 12.0 Å². The van der Waals surface area contributed by atoms with E-state index >= 15 is 0 Å². The fourth-order valence-electron chi connectivity index (χ4n) is 2.06. The average Bonchev–Trinajstić information content (AvgIpc) is 2.38. The molecule has 1 saturated heterocycles. The Morgan fingerprint density at radius 1 is 1.22 bits per heavy atom. The SMILES string of the molecule is OC[C@H]1OC(O)C[C@H](O)[C@H]1OCc1ccccc1. The molecule has 1 aromatic carbocycles. The highest BCUT2D eigenvalue weighted by Gasteiger charge is 2.37. The van der Waals surface area contributed by atoms with Crippen molar-refractivity contribution in [3.8, 4) is 0 Å². The maximum Gasteiger partial charge on any atom is 0.157 e. The van der Waals surface area contributed by atoms with Crippen molar-refractivity contribution < 1.29 is 24.8 Å². The highest BCUT2D eigenvalue weighted by Crippen LogP contribution is 2.22. The second-order valence-electron chi connectivity index (χ2n) is 4.38. The summed E-state index contributed by atoms with van der Waals surface area (Å²) in [6.07, 6.45) is -3.12. The first-order valence-corrected chi connectivity index (χ1v) is 5.98. The number of rotatable bonds is 4. The molecule has 0 radical (unpaired) electrons. The average molecular weight is 254 g/mol. The molecule has 3 N–H and O–H groups in total. The Hall–Kier alpha value is -0.980. The molecule has 0 aliphatic carbocycles. The highest BCUT2D eigenvalue weighted by molar-refractivity contribution is 5.13. The zero-order valence-corrected chi connectivity index (χ0v) is 9.98. The van der Waals surface area contributed by atoms with Gasteiger partial charge >= 0.3 is 0 Å². The molecule has 5 nitrogen and oxygen atoms in total. The van der Waals surface area contributed by atoms with Gasteiger partial charge in [-0.2, -0.15) is 0 Å². The molecule has 1 aliphatic heterocycles. The van der Waals surface area contributed by atoms with Crippen LogP contribution in [0.3, 0.4) is 0 Å². The van der Waals surface area contributed by atoms with Crippen LogP contribution < -0.4 is 0 Å². The molecule has 0 aromatic heterocycles. The quantitative estimate of drug-likeness (QED) is 0.706. The highest BCUT2D eigenvalue weighted by atomic mass is 16.6.